The highest BCUT2D eigenvalue weighted by atomic mass is 16.3. The van der Waals surface area contributed by atoms with Crippen LogP contribution in [0.4, 0.5) is 5.69 Å². The van der Waals surface area contributed by atoms with Crippen LogP contribution in [0.5, 0.6) is 5.75 Å². The van der Waals surface area contributed by atoms with Crippen molar-refractivity contribution in [2.24, 2.45) is 0 Å². The minimum absolute atomic E-state index is 0.0989. The van der Waals surface area contributed by atoms with Crippen LogP contribution in [0.25, 0.3) is 0 Å². The molecule has 0 aromatic heterocycles. The molecule has 0 amide bonds. The Morgan fingerprint density at radius 2 is 0.926 bits per heavy atom. The van der Waals surface area contributed by atoms with Crippen molar-refractivity contribution in [1.29, 1.82) is 0 Å². The molecule has 0 saturated heterocycles. The van der Waals surface area contributed by atoms with E-state index in [4.69, 9.17) is 5.73 Å². The van der Waals surface area contributed by atoms with E-state index in [1.807, 2.05) is 30.3 Å². The highest BCUT2D eigenvalue weighted by Gasteiger charge is 2.38. The van der Waals surface area contributed by atoms with E-state index in [1.165, 1.54) is 0 Å². The van der Waals surface area contributed by atoms with Crippen LogP contribution in [0.3, 0.4) is 0 Å². The van der Waals surface area contributed by atoms with Crippen molar-refractivity contribution in [3.05, 3.63) is 131 Å². The molecule has 2 heteroatoms. The molecular formula is C25H21NO. The fourth-order valence-electron chi connectivity index (χ4n) is 3.85. The lowest BCUT2D eigenvalue weighted by Gasteiger charge is -2.37. The van der Waals surface area contributed by atoms with Gasteiger partial charge in [-0.3, -0.25) is 0 Å². The molecule has 0 saturated carbocycles. The molecule has 0 aliphatic rings. The van der Waals surface area contributed by atoms with E-state index in [2.05, 4.69) is 72.8 Å². The SMILES string of the molecule is Nc1cc(C(c2ccccc2)(c2ccccc2)c2ccccc2)ccc1O. The maximum Gasteiger partial charge on any atom is 0.138 e. The third kappa shape index (κ3) is 2.85. The van der Waals surface area contributed by atoms with Crippen LogP contribution in [-0.4, -0.2) is 5.11 Å². The summed E-state index contributed by atoms with van der Waals surface area (Å²) in [7, 11) is 0. The van der Waals surface area contributed by atoms with E-state index in [9.17, 15) is 5.11 Å². The number of anilines is 1. The predicted molar refractivity (Wildman–Crippen MR) is 111 cm³/mol. The van der Waals surface area contributed by atoms with E-state index in [1.54, 1.807) is 6.07 Å². The molecule has 4 aromatic rings. The molecule has 2 nitrogen and oxygen atoms in total. The van der Waals surface area contributed by atoms with E-state index in [0.717, 1.165) is 22.3 Å². The van der Waals surface area contributed by atoms with Crippen LogP contribution in [0.15, 0.2) is 109 Å². The first-order chi connectivity index (χ1) is 13.2. The van der Waals surface area contributed by atoms with Gasteiger partial charge in [-0.05, 0) is 34.4 Å². The van der Waals surface area contributed by atoms with Crippen LogP contribution < -0.4 is 5.73 Å². The number of aromatic hydroxyl groups is 1. The number of phenolic OH excluding ortho intramolecular Hbond substituents is 1. The van der Waals surface area contributed by atoms with Gasteiger partial charge in [0.15, 0.2) is 0 Å². The quantitative estimate of drug-likeness (QED) is 0.295. The van der Waals surface area contributed by atoms with Gasteiger partial charge in [0.2, 0.25) is 0 Å². The van der Waals surface area contributed by atoms with Gasteiger partial charge in [0.25, 0.3) is 0 Å². The Morgan fingerprint density at radius 3 is 1.30 bits per heavy atom. The first-order valence-corrected chi connectivity index (χ1v) is 8.98. The average molecular weight is 351 g/mol. The van der Waals surface area contributed by atoms with Gasteiger partial charge >= 0.3 is 0 Å². The predicted octanol–water partition coefficient (Wildman–Crippen LogP) is 5.36. The molecule has 0 atom stereocenters. The fourth-order valence-corrected chi connectivity index (χ4v) is 3.85. The Kier molecular flexibility index (Phi) is 4.39. The molecular weight excluding hydrogens is 330 g/mol. The molecule has 0 fully saturated rings. The van der Waals surface area contributed by atoms with E-state index >= 15 is 0 Å². The zero-order chi connectivity index (χ0) is 18.7. The van der Waals surface area contributed by atoms with Crippen LogP contribution >= 0.6 is 0 Å². The zero-order valence-corrected chi connectivity index (χ0v) is 14.9. The molecule has 0 radical (unpaired) electrons. The van der Waals surface area contributed by atoms with Crippen molar-refractivity contribution in [2.45, 2.75) is 5.41 Å². The Morgan fingerprint density at radius 1 is 0.519 bits per heavy atom. The highest BCUT2D eigenvalue weighted by Crippen LogP contribution is 2.46. The van der Waals surface area contributed by atoms with Crippen molar-refractivity contribution < 1.29 is 5.11 Å². The van der Waals surface area contributed by atoms with Gasteiger partial charge in [-0.1, -0.05) is 97.1 Å². The highest BCUT2D eigenvalue weighted by molar-refractivity contribution is 5.64. The molecule has 0 bridgehead atoms. The minimum atomic E-state index is -0.536. The first kappa shape index (κ1) is 16.9. The summed E-state index contributed by atoms with van der Waals surface area (Å²) in [6.07, 6.45) is 0. The second-order valence-corrected chi connectivity index (χ2v) is 6.62. The summed E-state index contributed by atoms with van der Waals surface area (Å²) in [6, 6.07) is 36.8. The molecule has 0 spiro atoms. The number of hydrogen-bond donors (Lipinski definition) is 2. The van der Waals surface area contributed by atoms with Crippen LogP contribution in [0.1, 0.15) is 22.3 Å². The number of benzene rings is 4. The molecule has 0 aliphatic carbocycles. The molecule has 132 valence electrons. The van der Waals surface area contributed by atoms with Gasteiger partial charge < -0.3 is 10.8 Å². The second kappa shape index (κ2) is 7.00. The monoisotopic (exact) mass is 351 g/mol. The van der Waals surface area contributed by atoms with Gasteiger partial charge in [-0.15, -0.1) is 0 Å². The third-order valence-electron chi connectivity index (χ3n) is 5.08. The lowest BCUT2D eigenvalue weighted by Crippen LogP contribution is -2.31. The van der Waals surface area contributed by atoms with E-state index in [-0.39, 0.29) is 5.75 Å². The molecule has 0 unspecified atom stereocenters. The largest absolute Gasteiger partial charge is 0.506 e. The van der Waals surface area contributed by atoms with Crippen molar-refractivity contribution in [1.82, 2.24) is 0 Å². The van der Waals surface area contributed by atoms with Crippen molar-refractivity contribution in [3.63, 3.8) is 0 Å². The number of hydrogen-bond acceptors (Lipinski definition) is 2. The standard InChI is InChI=1S/C25H21NO/c26-23-18-22(16-17-24(23)27)25(19-10-4-1-5-11-19,20-12-6-2-7-13-20)21-14-8-3-9-15-21/h1-18,27H,26H2. The van der Waals surface area contributed by atoms with Crippen molar-refractivity contribution in [3.8, 4) is 5.75 Å². The van der Waals surface area contributed by atoms with Gasteiger partial charge in [-0.2, -0.15) is 0 Å². The van der Waals surface area contributed by atoms with Gasteiger partial charge in [0.1, 0.15) is 5.75 Å². The molecule has 3 N–H and O–H groups in total. The second-order valence-electron chi connectivity index (χ2n) is 6.62. The number of phenols is 1. The van der Waals surface area contributed by atoms with Crippen LogP contribution in [0, 0.1) is 0 Å². The smallest absolute Gasteiger partial charge is 0.138 e. The van der Waals surface area contributed by atoms with Crippen LogP contribution in [-0.2, 0) is 5.41 Å². The van der Waals surface area contributed by atoms with E-state index in [0.29, 0.717) is 5.69 Å². The molecule has 0 aliphatic heterocycles. The minimum Gasteiger partial charge on any atom is -0.506 e. The zero-order valence-electron chi connectivity index (χ0n) is 14.9. The Labute approximate surface area is 159 Å². The first-order valence-electron chi connectivity index (χ1n) is 8.98. The maximum absolute atomic E-state index is 10.00. The summed E-state index contributed by atoms with van der Waals surface area (Å²) in [6.45, 7) is 0. The fraction of sp³-hybridized carbons (Fsp3) is 0.0400. The lowest BCUT2D eigenvalue weighted by atomic mass is 9.65. The number of nitrogen functional groups attached to an aromatic ring is 1. The Balaban J connectivity index is 2.14. The summed E-state index contributed by atoms with van der Waals surface area (Å²) in [5.74, 6) is 0.0989. The summed E-state index contributed by atoms with van der Waals surface area (Å²) in [5.41, 5.74) is 10.4. The summed E-state index contributed by atoms with van der Waals surface area (Å²) in [4.78, 5) is 0. The van der Waals surface area contributed by atoms with Gasteiger partial charge in [0, 0.05) is 0 Å². The topological polar surface area (TPSA) is 46.2 Å². The third-order valence-corrected chi connectivity index (χ3v) is 5.08. The maximum atomic E-state index is 10.00. The number of nitrogens with two attached hydrogens (primary N) is 1. The van der Waals surface area contributed by atoms with Gasteiger partial charge in [0.05, 0.1) is 11.1 Å². The normalized spacial score (nSPS) is 11.3. The Bertz CT molecular complexity index is 931. The Hall–Kier alpha value is -3.52. The van der Waals surface area contributed by atoms with Gasteiger partial charge in [-0.25, -0.2) is 0 Å². The van der Waals surface area contributed by atoms with Crippen molar-refractivity contribution in [2.75, 3.05) is 5.73 Å². The molecule has 27 heavy (non-hydrogen) atoms. The molecule has 0 heterocycles. The van der Waals surface area contributed by atoms with Crippen LogP contribution in [0.2, 0.25) is 0 Å². The summed E-state index contributed by atoms with van der Waals surface area (Å²) in [5, 5.41) is 10.00. The summed E-state index contributed by atoms with van der Waals surface area (Å²) < 4.78 is 0. The van der Waals surface area contributed by atoms with Crippen molar-refractivity contribution >= 4 is 5.69 Å². The molecule has 4 rings (SSSR count). The number of rotatable bonds is 4. The average Bonchev–Trinajstić information content (AvgIpc) is 2.74. The lowest BCUT2D eigenvalue weighted by molar-refractivity contribution is 0.477. The molecule has 4 aromatic carbocycles. The summed E-state index contributed by atoms with van der Waals surface area (Å²) >= 11 is 0. The van der Waals surface area contributed by atoms with E-state index < -0.39 is 5.41 Å².